The lowest BCUT2D eigenvalue weighted by Gasteiger charge is -2.09. The van der Waals surface area contributed by atoms with Gasteiger partial charge < -0.3 is 4.74 Å². The van der Waals surface area contributed by atoms with E-state index in [1.54, 1.807) is 19.1 Å². The van der Waals surface area contributed by atoms with Gasteiger partial charge in [0, 0.05) is 5.56 Å². The summed E-state index contributed by atoms with van der Waals surface area (Å²) in [5, 5.41) is 0. The molecule has 0 aliphatic rings. The van der Waals surface area contributed by atoms with E-state index < -0.39 is 0 Å². The Labute approximate surface area is 115 Å². The Balaban J connectivity index is 2.28. The highest BCUT2D eigenvalue weighted by molar-refractivity contribution is 9.10. The van der Waals surface area contributed by atoms with E-state index in [0.717, 1.165) is 15.8 Å². The minimum absolute atomic E-state index is 0.0309. The van der Waals surface area contributed by atoms with Gasteiger partial charge in [-0.2, -0.15) is 0 Å². The summed E-state index contributed by atoms with van der Waals surface area (Å²) in [5.41, 5.74) is 1.81. The molecule has 0 radical (unpaired) electrons. The van der Waals surface area contributed by atoms with Crippen LogP contribution < -0.4 is 4.74 Å². The Morgan fingerprint density at radius 1 is 1.17 bits per heavy atom. The third-order valence-corrected chi connectivity index (χ3v) is 3.18. The second kappa shape index (κ2) is 5.36. The van der Waals surface area contributed by atoms with Gasteiger partial charge in [-0.25, -0.2) is 0 Å². The van der Waals surface area contributed by atoms with Gasteiger partial charge in [0.1, 0.15) is 11.5 Å². The summed E-state index contributed by atoms with van der Waals surface area (Å²) in [6, 6.07) is 13.0. The van der Waals surface area contributed by atoms with Crippen LogP contribution in [-0.2, 0) is 0 Å². The lowest BCUT2D eigenvalue weighted by molar-refractivity contribution is 0.101. The number of ether oxygens (including phenoxy) is 1. The first-order valence-electron chi connectivity index (χ1n) is 5.61. The first-order valence-corrected chi connectivity index (χ1v) is 6.40. The molecule has 0 aliphatic heterocycles. The molecular formula is C15H13BrO2. The van der Waals surface area contributed by atoms with Gasteiger partial charge in [-0.1, -0.05) is 18.2 Å². The number of Topliss-reactive ketones (excluding diaryl/α,β-unsaturated/α-hetero) is 1. The van der Waals surface area contributed by atoms with Crippen LogP contribution in [0.1, 0.15) is 22.8 Å². The second-order valence-corrected chi connectivity index (χ2v) is 4.97. The largest absolute Gasteiger partial charge is 0.456 e. The second-order valence-electron chi connectivity index (χ2n) is 4.12. The molecule has 2 rings (SSSR count). The maximum Gasteiger partial charge on any atom is 0.159 e. The number of carbonyl (C=O) groups is 1. The van der Waals surface area contributed by atoms with Crippen LogP contribution in [0.3, 0.4) is 0 Å². The molecule has 0 aliphatic carbocycles. The fraction of sp³-hybridized carbons (Fsp3) is 0.133. The predicted molar refractivity (Wildman–Crippen MR) is 75.4 cm³/mol. The van der Waals surface area contributed by atoms with E-state index in [9.17, 15) is 4.79 Å². The van der Waals surface area contributed by atoms with Gasteiger partial charge in [0.15, 0.2) is 5.78 Å². The van der Waals surface area contributed by atoms with Crippen LogP contribution in [0.25, 0.3) is 0 Å². The molecule has 92 valence electrons. The molecule has 2 aromatic carbocycles. The number of rotatable bonds is 3. The van der Waals surface area contributed by atoms with Crippen LogP contribution in [0, 0.1) is 6.92 Å². The topological polar surface area (TPSA) is 26.3 Å². The smallest absolute Gasteiger partial charge is 0.159 e. The summed E-state index contributed by atoms with van der Waals surface area (Å²) in [5.74, 6) is 1.43. The number of aryl methyl sites for hydroxylation is 1. The minimum atomic E-state index is 0.0309. The zero-order valence-corrected chi connectivity index (χ0v) is 11.8. The first kappa shape index (κ1) is 12.8. The zero-order valence-electron chi connectivity index (χ0n) is 10.2. The van der Waals surface area contributed by atoms with E-state index in [1.807, 2.05) is 37.3 Å². The number of benzene rings is 2. The summed E-state index contributed by atoms with van der Waals surface area (Å²) < 4.78 is 6.65. The lowest BCUT2D eigenvalue weighted by Crippen LogP contribution is -1.93. The monoisotopic (exact) mass is 304 g/mol. The molecule has 0 fully saturated rings. The molecule has 3 heteroatoms. The highest BCUT2D eigenvalue weighted by Crippen LogP contribution is 2.30. The van der Waals surface area contributed by atoms with Gasteiger partial charge in [-0.3, -0.25) is 4.79 Å². The molecule has 0 aromatic heterocycles. The molecule has 0 amide bonds. The minimum Gasteiger partial charge on any atom is -0.456 e. The summed E-state index contributed by atoms with van der Waals surface area (Å²) in [4.78, 5) is 11.3. The van der Waals surface area contributed by atoms with Gasteiger partial charge in [0.25, 0.3) is 0 Å². The average molecular weight is 305 g/mol. The molecule has 0 spiro atoms. The quantitative estimate of drug-likeness (QED) is 0.765. The maximum atomic E-state index is 11.3. The van der Waals surface area contributed by atoms with Gasteiger partial charge in [-0.15, -0.1) is 0 Å². The fourth-order valence-corrected chi connectivity index (χ4v) is 2.17. The molecule has 0 heterocycles. The highest BCUT2D eigenvalue weighted by Gasteiger charge is 2.05. The van der Waals surface area contributed by atoms with Gasteiger partial charge >= 0.3 is 0 Å². The lowest BCUT2D eigenvalue weighted by atomic mass is 10.1. The van der Waals surface area contributed by atoms with E-state index in [0.29, 0.717) is 11.3 Å². The molecular weight excluding hydrogens is 292 g/mol. The zero-order chi connectivity index (χ0) is 13.1. The third-order valence-electron chi connectivity index (χ3n) is 2.56. The maximum absolute atomic E-state index is 11.3. The van der Waals surface area contributed by atoms with Crippen molar-refractivity contribution < 1.29 is 9.53 Å². The van der Waals surface area contributed by atoms with E-state index >= 15 is 0 Å². The van der Waals surface area contributed by atoms with Crippen molar-refractivity contribution in [2.24, 2.45) is 0 Å². The highest BCUT2D eigenvalue weighted by atomic mass is 79.9. The SMILES string of the molecule is CC(=O)c1cccc(Oc2ccc(C)cc2Br)c1. The number of ketones is 1. The number of halogens is 1. The van der Waals surface area contributed by atoms with E-state index in [-0.39, 0.29) is 5.78 Å². The number of hydrogen-bond donors (Lipinski definition) is 0. The van der Waals surface area contributed by atoms with Gasteiger partial charge in [-0.05, 0) is 59.6 Å². The molecule has 18 heavy (non-hydrogen) atoms. The summed E-state index contributed by atoms with van der Waals surface area (Å²) >= 11 is 3.46. The molecule has 0 saturated heterocycles. The van der Waals surface area contributed by atoms with E-state index in [1.165, 1.54) is 0 Å². The van der Waals surface area contributed by atoms with Crippen molar-refractivity contribution in [3.05, 3.63) is 58.1 Å². The van der Waals surface area contributed by atoms with Gasteiger partial charge in [0.2, 0.25) is 0 Å². The molecule has 0 unspecified atom stereocenters. The molecule has 0 atom stereocenters. The average Bonchev–Trinajstić information content (AvgIpc) is 2.33. The van der Waals surface area contributed by atoms with Crippen LogP contribution in [0.4, 0.5) is 0 Å². The van der Waals surface area contributed by atoms with Crippen molar-refractivity contribution in [3.8, 4) is 11.5 Å². The van der Waals surface area contributed by atoms with Crippen LogP contribution >= 0.6 is 15.9 Å². The normalized spacial score (nSPS) is 10.2. The molecule has 0 N–H and O–H groups in total. The number of hydrogen-bond acceptors (Lipinski definition) is 2. The van der Waals surface area contributed by atoms with Crippen molar-refractivity contribution >= 4 is 21.7 Å². The van der Waals surface area contributed by atoms with Crippen molar-refractivity contribution in [2.45, 2.75) is 13.8 Å². The van der Waals surface area contributed by atoms with Crippen LogP contribution in [0.2, 0.25) is 0 Å². The molecule has 2 nitrogen and oxygen atoms in total. The van der Waals surface area contributed by atoms with E-state index in [4.69, 9.17) is 4.74 Å². The fourth-order valence-electron chi connectivity index (χ4n) is 1.59. The Morgan fingerprint density at radius 3 is 2.61 bits per heavy atom. The van der Waals surface area contributed by atoms with Crippen molar-refractivity contribution in [1.82, 2.24) is 0 Å². The standard InChI is InChI=1S/C15H13BrO2/c1-10-6-7-15(14(16)8-10)18-13-5-3-4-12(9-13)11(2)17/h3-9H,1-2H3. The van der Waals surface area contributed by atoms with Crippen LogP contribution in [0.15, 0.2) is 46.9 Å². The van der Waals surface area contributed by atoms with Crippen molar-refractivity contribution in [2.75, 3.05) is 0 Å². The van der Waals surface area contributed by atoms with E-state index in [2.05, 4.69) is 15.9 Å². The Bertz CT molecular complexity index is 591. The summed E-state index contributed by atoms with van der Waals surface area (Å²) in [7, 11) is 0. The van der Waals surface area contributed by atoms with Crippen LogP contribution in [-0.4, -0.2) is 5.78 Å². The Hall–Kier alpha value is -1.61. The predicted octanol–water partition coefficient (Wildman–Crippen LogP) is 4.75. The van der Waals surface area contributed by atoms with Gasteiger partial charge in [0.05, 0.1) is 4.47 Å². The molecule has 2 aromatic rings. The Kier molecular flexibility index (Phi) is 3.82. The number of carbonyl (C=O) groups excluding carboxylic acids is 1. The first-order chi connectivity index (χ1) is 8.56. The van der Waals surface area contributed by atoms with Crippen molar-refractivity contribution in [3.63, 3.8) is 0 Å². The summed E-state index contributed by atoms with van der Waals surface area (Å²) in [6.07, 6.45) is 0. The van der Waals surface area contributed by atoms with Crippen LogP contribution in [0.5, 0.6) is 11.5 Å². The molecule has 0 bridgehead atoms. The van der Waals surface area contributed by atoms with Crippen molar-refractivity contribution in [1.29, 1.82) is 0 Å². The Morgan fingerprint density at radius 2 is 1.94 bits per heavy atom. The summed E-state index contributed by atoms with van der Waals surface area (Å²) in [6.45, 7) is 3.56. The third kappa shape index (κ3) is 2.99. The molecule has 0 saturated carbocycles.